The van der Waals surface area contributed by atoms with Crippen LogP contribution in [0, 0.1) is 0 Å². The van der Waals surface area contributed by atoms with Crippen LogP contribution in [-0.4, -0.2) is 43.5 Å². The van der Waals surface area contributed by atoms with Gasteiger partial charge in [-0.1, -0.05) is 42.5 Å². The Morgan fingerprint density at radius 3 is 2.44 bits per heavy atom. The minimum Gasteiger partial charge on any atom is -0.479 e. The van der Waals surface area contributed by atoms with Gasteiger partial charge in [0.05, 0.1) is 6.61 Å². The summed E-state index contributed by atoms with van der Waals surface area (Å²) in [5, 5.41) is 9.20. The summed E-state index contributed by atoms with van der Waals surface area (Å²) < 4.78 is 10.6. The molecular weight excluding hydrogens is 346 g/mol. The van der Waals surface area contributed by atoms with Gasteiger partial charge in [0.25, 0.3) is 0 Å². The Labute approximate surface area is 159 Å². The summed E-state index contributed by atoms with van der Waals surface area (Å²) in [6.45, 7) is 2.36. The van der Waals surface area contributed by atoms with Gasteiger partial charge in [-0.2, -0.15) is 0 Å². The molecule has 1 atom stereocenters. The van der Waals surface area contributed by atoms with Crippen molar-refractivity contribution in [2.24, 2.45) is 0 Å². The van der Waals surface area contributed by atoms with Crippen LogP contribution >= 0.6 is 0 Å². The summed E-state index contributed by atoms with van der Waals surface area (Å²) in [5.74, 6) is -0.972. The lowest BCUT2D eigenvalue weighted by molar-refractivity contribution is -0.149. The number of amides is 1. The summed E-state index contributed by atoms with van der Waals surface area (Å²) >= 11 is 0. The molecule has 1 N–H and O–H groups in total. The zero-order chi connectivity index (χ0) is 19.6. The van der Waals surface area contributed by atoms with Gasteiger partial charge >= 0.3 is 12.1 Å². The summed E-state index contributed by atoms with van der Waals surface area (Å²) in [4.78, 5) is 24.8. The molecule has 0 bridgehead atoms. The first-order valence-electron chi connectivity index (χ1n) is 8.89. The molecule has 2 rings (SSSR count). The molecule has 0 heterocycles. The summed E-state index contributed by atoms with van der Waals surface area (Å²) in [6.07, 6.45) is -0.426. The Hall–Kier alpha value is -2.86. The predicted molar refractivity (Wildman–Crippen MR) is 103 cm³/mol. The van der Waals surface area contributed by atoms with Gasteiger partial charge in [0, 0.05) is 32.2 Å². The van der Waals surface area contributed by atoms with Crippen LogP contribution in [0.4, 0.5) is 10.5 Å². The summed E-state index contributed by atoms with van der Waals surface area (Å²) in [6, 6.07) is 16.9. The molecule has 2 aromatic rings. The van der Waals surface area contributed by atoms with E-state index in [2.05, 4.69) is 0 Å². The SMILES string of the molecule is CCOC(Cc1cccc(CCOC(=O)N(C)c2ccccc2)c1)C(=O)O. The van der Waals surface area contributed by atoms with Crippen molar-refractivity contribution in [1.29, 1.82) is 0 Å². The van der Waals surface area contributed by atoms with Crippen LogP contribution in [0.15, 0.2) is 54.6 Å². The summed E-state index contributed by atoms with van der Waals surface area (Å²) in [5.41, 5.74) is 2.62. The first-order valence-corrected chi connectivity index (χ1v) is 8.89. The lowest BCUT2D eigenvalue weighted by Gasteiger charge is -2.17. The van der Waals surface area contributed by atoms with E-state index in [1.54, 1.807) is 14.0 Å². The average Bonchev–Trinajstić information content (AvgIpc) is 2.68. The maximum atomic E-state index is 12.1. The molecule has 0 saturated carbocycles. The topological polar surface area (TPSA) is 76.1 Å². The molecule has 1 amide bonds. The Morgan fingerprint density at radius 2 is 1.78 bits per heavy atom. The number of carbonyl (C=O) groups is 2. The third-order valence-electron chi connectivity index (χ3n) is 4.09. The number of para-hydroxylation sites is 1. The van der Waals surface area contributed by atoms with E-state index < -0.39 is 18.2 Å². The van der Waals surface area contributed by atoms with Gasteiger partial charge in [0.15, 0.2) is 6.10 Å². The van der Waals surface area contributed by atoms with Crippen LogP contribution in [0.25, 0.3) is 0 Å². The lowest BCUT2D eigenvalue weighted by atomic mass is 10.0. The highest BCUT2D eigenvalue weighted by Crippen LogP contribution is 2.13. The number of benzene rings is 2. The molecule has 0 saturated heterocycles. The fourth-order valence-electron chi connectivity index (χ4n) is 2.65. The van der Waals surface area contributed by atoms with Crippen LogP contribution in [0.3, 0.4) is 0 Å². The molecule has 0 aliphatic carbocycles. The van der Waals surface area contributed by atoms with E-state index in [0.717, 1.165) is 16.8 Å². The third kappa shape index (κ3) is 6.42. The molecule has 0 radical (unpaired) electrons. The zero-order valence-electron chi connectivity index (χ0n) is 15.6. The number of nitrogens with zero attached hydrogens (tertiary/aromatic N) is 1. The number of ether oxygens (including phenoxy) is 2. The van der Waals surface area contributed by atoms with Gasteiger partial charge in [-0.05, 0) is 30.2 Å². The maximum Gasteiger partial charge on any atom is 0.414 e. The second-order valence-corrected chi connectivity index (χ2v) is 6.07. The number of rotatable bonds is 9. The van der Waals surface area contributed by atoms with E-state index in [1.807, 2.05) is 54.6 Å². The van der Waals surface area contributed by atoms with E-state index in [9.17, 15) is 14.7 Å². The fraction of sp³-hybridized carbons (Fsp3) is 0.333. The molecule has 0 spiro atoms. The number of carbonyl (C=O) groups excluding carboxylic acids is 1. The molecule has 0 aromatic heterocycles. The number of carboxylic acids is 1. The number of hydrogen-bond donors (Lipinski definition) is 1. The van der Waals surface area contributed by atoms with Gasteiger partial charge < -0.3 is 14.6 Å². The smallest absolute Gasteiger partial charge is 0.414 e. The number of aliphatic carboxylic acids is 1. The monoisotopic (exact) mass is 371 g/mol. The molecule has 0 aliphatic rings. The van der Waals surface area contributed by atoms with E-state index >= 15 is 0 Å². The van der Waals surface area contributed by atoms with Crippen molar-refractivity contribution in [3.63, 3.8) is 0 Å². The predicted octanol–water partition coefficient (Wildman–Crippen LogP) is 3.53. The second kappa shape index (κ2) is 10.3. The zero-order valence-corrected chi connectivity index (χ0v) is 15.6. The Bertz CT molecular complexity index is 747. The van der Waals surface area contributed by atoms with Crippen molar-refractivity contribution in [1.82, 2.24) is 0 Å². The molecule has 0 fully saturated rings. The van der Waals surface area contributed by atoms with Crippen molar-refractivity contribution < 1.29 is 24.2 Å². The van der Waals surface area contributed by atoms with E-state index in [0.29, 0.717) is 19.4 Å². The van der Waals surface area contributed by atoms with Crippen molar-refractivity contribution >= 4 is 17.7 Å². The Balaban J connectivity index is 1.87. The van der Waals surface area contributed by atoms with Gasteiger partial charge in [-0.15, -0.1) is 0 Å². The normalized spacial score (nSPS) is 11.6. The van der Waals surface area contributed by atoms with Crippen molar-refractivity contribution in [3.05, 3.63) is 65.7 Å². The van der Waals surface area contributed by atoms with E-state index in [-0.39, 0.29) is 6.61 Å². The molecule has 144 valence electrons. The Kier molecular flexibility index (Phi) is 7.82. The molecule has 2 aromatic carbocycles. The minimum atomic E-state index is -0.972. The largest absolute Gasteiger partial charge is 0.479 e. The molecular formula is C21H25NO5. The van der Waals surface area contributed by atoms with Crippen LogP contribution in [-0.2, 0) is 27.1 Å². The van der Waals surface area contributed by atoms with Crippen LogP contribution in [0.5, 0.6) is 0 Å². The van der Waals surface area contributed by atoms with Crippen LogP contribution < -0.4 is 4.90 Å². The highest BCUT2D eigenvalue weighted by Gasteiger charge is 2.18. The number of hydrogen-bond acceptors (Lipinski definition) is 4. The number of carboxylic acid groups (broad SMARTS) is 1. The van der Waals surface area contributed by atoms with Crippen LogP contribution in [0.1, 0.15) is 18.1 Å². The Morgan fingerprint density at radius 1 is 1.07 bits per heavy atom. The number of anilines is 1. The quantitative estimate of drug-likeness (QED) is 0.730. The van der Waals surface area contributed by atoms with Crippen LogP contribution in [0.2, 0.25) is 0 Å². The fourth-order valence-corrected chi connectivity index (χ4v) is 2.65. The highest BCUT2D eigenvalue weighted by atomic mass is 16.6. The van der Waals surface area contributed by atoms with Gasteiger partial charge in [-0.25, -0.2) is 9.59 Å². The van der Waals surface area contributed by atoms with Crippen molar-refractivity contribution in [2.45, 2.75) is 25.9 Å². The molecule has 6 heteroatoms. The standard InChI is InChI=1S/C21H25NO5/c1-3-26-19(20(23)24)15-17-9-7-8-16(14-17)12-13-27-21(25)22(2)18-10-5-4-6-11-18/h4-11,14,19H,3,12-13,15H2,1-2H3,(H,23,24). The molecule has 6 nitrogen and oxygen atoms in total. The molecule has 0 aliphatic heterocycles. The van der Waals surface area contributed by atoms with Gasteiger partial charge in [0.2, 0.25) is 0 Å². The highest BCUT2D eigenvalue weighted by molar-refractivity contribution is 5.86. The van der Waals surface area contributed by atoms with Crippen molar-refractivity contribution in [2.75, 3.05) is 25.2 Å². The van der Waals surface area contributed by atoms with Gasteiger partial charge in [-0.3, -0.25) is 4.90 Å². The molecule has 27 heavy (non-hydrogen) atoms. The van der Waals surface area contributed by atoms with E-state index in [1.165, 1.54) is 4.90 Å². The maximum absolute atomic E-state index is 12.1. The van der Waals surface area contributed by atoms with E-state index in [4.69, 9.17) is 9.47 Å². The van der Waals surface area contributed by atoms with Crippen molar-refractivity contribution in [3.8, 4) is 0 Å². The summed E-state index contributed by atoms with van der Waals surface area (Å²) in [7, 11) is 1.66. The lowest BCUT2D eigenvalue weighted by Crippen LogP contribution is -2.27. The molecule has 1 unspecified atom stereocenters. The second-order valence-electron chi connectivity index (χ2n) is 6.07. The first kappa shape index (κ1) is 20.5. The first-order chi connectivity index (χ1) is 13.0. The van der Waals surface area contributed by atoms with Gasteiger partial charge in [0.1, 0.15) is 0 Å². The third-order valence-corrected chi connectivity index (χ3v) is 4.09. The average molecular weight is 371 g/mol. The minimum absolute atomic E-state index is 0.243.